The van der Waals surface area contributed by atoms with Gasteiger partial charge in [0.1, 0.15) is 0 Å². The highest BCUT2D eigenvalue weighted by Gasteiger charge is 2.06. The van der Waals surface area contributed by atoms with Gasteiger partial charge in [-0.2, -0.15) is 0 Å². The molecule has 0 fully saturated rings. The standard InChI is InChI=1S/C10H15NO/c1-8(2)10(12)11-7-9-5-3-4-6-9/h3-5,8H,6-7H2,1-2H3,(H,11,12). The van der Waals surface area contributed by atoms with Crippen molar-refractivity contribution in [2.24, 2.45) is 5.92 Å². The van der Waals surface area contributed by atoms with Gasteiger partial charge in [0, 0.05) is 12.5 Å². The minimum absolute atomic E-state index is 0.0833. The molecule has 0 aromatic heterocycles. The minimum atomic E-state index is 0.0833. The summed E-state index contributed by atoms with van der Waals surface area (Å²) in [5.41, 5.74) is 1.28. The van der Waals surface area contributed by atoms with Gasteiger partial charge in [-0.3, -0.25) is 4.79 Å². The molecule has 1 amide bonds. The van der Waals surface area contributed by atoms with E-state index in [2.05, 4.69) is 17.5 Å². The number of rotatable bonds is 3. The minimum Gasteiger partial charge on any atom is -0.352 e. The Hall–Kier alpha value is -1.05. The molecule has 2 nitrogen and oxygen atoms in total. The van der Waals surface area contributed by atoms with Crippen molar-refractivity contribution >= 4 is 5.91 Å². The number of carbonyl (C=O) groups excluding carboxylic acids is 1. The number of amides is 1. The molecule has 0 atom stereocenters. The fraction of sp³-hybridized carbons (Fsp3) is 0.500. The van der Waals surface area contributed by atoms with E-state index in [9.17, 15) is 4.79 Å². The zero-order chi connectivity index (χ0) is 8.97. The highest BCUT2D eigenvalue weighted by Crippen LogP contribution is 2.08. The Labute approximate surface area is 73.4 Å². The molecule has 1 aliphatic carbocycles. The van der Waals surface area contributed by atoms with Crippen LogP contribution in [-0.4, -0.2) is 12.5 Å². The number of hydrogen-bond donors (Lipinski definition) is 1. The molecule has 1 aliphatic rings. The predicted octanol–water partition coefficient (Wildman–Crippen LogP) is 1.64. The van der Waals surface area contributed by atoms with Gasteiger partial charge >= 0.3 is 0 Å². The van der Waals surface area contributed by atoms with Gasteiger partial charge in [0.2, 0.25) is 5.91 Å². The van der Waals surface area contributed by atoms with Crippen LogP contribution in [0.4, 0.5) is 0 Å². The van der Waals surface area contributed by atoms with Crippen molar-refractivity contribution in [2.45, 2.75) is 20.3 Å². The van der Waals surface area contributed by atoms with E-state index in [0.29, 0.717) is 6.54 Å². The maximum Gasteiger partial charge on any atom is 0.222 e. The predicted molar refractivity (Wildman–Crippen MR) is 49.7 cm³/mol. The molecule has 1 rings (SSSR count). The average Bonchev–Trinajstić information content (AvgIpc) is 2.51. The van der Waals surface area contributed by atoms with Crippen molar-refractivity contribution in [1.29, 1.82) is 0 Å². The van der Waals surface area contributed by atoms with Crippen LogP contribution in [-0.2, 0) is 4.79 Å². The first-order valence-electron chi connectivity index (χ1n) is 4.32. The van der Waals surface area contributed by atoms with Gasteiger partial charge in [0.15, 0.2) is 0 Å². The van der Waals surface area contributed by atoms with Crippen molar-refractivity contribution in [3.63, 3.8) is 0 Å². The average molecular weight is 165 g/mol. The Morgan fingerprint density at radius 1 is 1.67 bits per heavy atom. The summed E-state index contributed by atoms with van der Waals surface area (Å²) < 4.78 is 0. The smallest absolute Gasteiger partial charge is 0.222 e. The van der Waals surface area contributed by atoms with Crippen LogP contribution < -0.4 is 5.32 Å². The molecule has 0 saturated heterocycles. The first kappa shape index (κ1) is 9.04. The third-order valence-electron chi connectivity index (χ3n) is 1.86. The first-order valence-corrected chi connectivity index (χ1v) is 4.32. The molecule has 1 N–H and O–H groups in total. The Kier molecular flexibility index (Phi) is 3.09. The third kappa shape index (κ3) is 2.53. The van der Waals surface area contributed by atoms with E-state index in [-0.39, 0.29) is 11.8 Å². The Morgan fingerprint density at radius 2 is 2.42 bits per heavy atom. The molecule has 0 aromatic carbocycles. The van der Waals surface area contributed by atoms with Crippen LogP contribution >= 0.6 is 0 Å². The van der Waals surface area contributed by atoms with Crippen LogP contribution in [0, 0.1) is 5.92 Å². The van der Waals surface area contributed by atoms with Crippen LogP contribution in [0.3, 0.4) is 0 Å². The molecule has 0 radical (unpaired) electrons. The van der Waals surface area contributed by atoms with Gasteiger partial charge in [-0.1, -0.05) is 32.1 Å². The SMILES string of the molecule is CC(C)C(=O)NCC1=CC=CC1. The van der Waals surface area contributed by atoms with Gasteiger partial charge in [-0.15, -0.1) is 0 Å². The number of nitrogens with one attached hydrogen (secondary N) is 1. The lowest BCUT2D eigenvalue weighted by Crippen LogP contribution is -2.29. The molecular weight excluding hydrogens is 150 g/mol. The quantitative estimate of drug-likeness (QED) is 0.676. The second-order valence-electron chi connectivity index (χ2n) is 3.33. The van der Waals surface area contributed by atoms with E-state index in [1.54, 1.807) is 0 Å². The van der Waals surface area contributed by atoms with E-state index in [0.717, 1.165) is 6.42 Å². The zero-order valence-electron chi connectivity index (χ0n) is 7.63. The van der Waals surface area contributed by atoms with Gasteiger partial charge in [-0.05, 0) is 12.0 Å². The van der Waals surface area contributed by atoms with Crippen molar-refractivity contribution in [3.05, 3.63) is 23.8 Å². The Morgan fingerprint density at radius 3 is 2.92 bits per heavy atom. The van der Waals surface area contributed by atoms with E-state index in [1.807, 2.05) is 19.9 Å². The van der Waals surface area contributed by atoms with Gasteiger partial charge in [0.25, 0.3) is 0 Å². The lowest BCUT2D eigenvalue weighted by Gasteiger charge is -2.07. The Balaban J connectivity index is 2.22. The molecule has 0 heterocycles. The summed E-state index contributed by atoms with van der Waals surface area (Å²) in [6.45, 7) is 4.50. The Bertz CT molecular complexity index is 226. The summed E-state index contributed by atoms with van der Waals surface area (Å²) in [5.74, 6) is 0.211. The summed E-state index contributed by atoms with van der Waals surface area (Å²) in [6.07, 6.45) is 7.16. The van der Waals surface area contributed by atoms with Crippen LogP contribution in [0.15, 0.2) is 23.8 Å². The fourth-order valence-electron chi connectivity index (χ4n) is 1.03. The molecule has 12 heavy (non-hydrogen) atoms. The molecule has 2 heteroatoms. The topological polar surface area (TPSA) is 29.1 Å². The molecule has 0 aromatic rings. The van der Waals surface area contributed by atoms with Crippen LogP contribution in [0.1, 0.15) is 20.3 Å². The molecule has 0 saturated carbocycles. The lowest BCUT2D eigenvalue weighted by molar-refractivity contribution is -0.123. The van der Waals surface area contributed by atoms with E-state index < -0.39 is 0 Å². The molecule has 0 bridgehead atoms. The van der Waals surface area contributed by atoms with Gasteiger partial charge in [-0.25, -0.2) is 0 Å². The molecule has 0 spiro atoms. The summed E-state index contributed by atoms with van der Waals surface area (Å²) >= 11 is 0. The first-order chi connectivity index (χ1) is 5.70. The second-order valence-corrected chi connectivity index (χ2v) is 3.33. The summed E-state index contributed by atoms with van der Waals surface area (Å²) in [6, 6.07) is 0. The van der Waals surface area contributed by atoms with Crippen LogP contribution in [0.2, 0.25) is 0 Å². The van der Waals surface area contributed by atoms with E-state index in [4.69, 9.17) is 0 Å². The summed E-state index contributed by atoms with van der Waals surface area (Å²) in [5, 5.41) is 2.88. The summed E-state index contributed by atoms with van der Waals surface area (Å²) in [7, 11) is 0. The number of carbonyl (C=O) groups is 1. The van der Waals surface area contributed by atoms with E-state index in [1.165, 1.54) is 5.57 Å². The molecular formula is C10H15NO. The monoisotopic (exact) mass is 165 g/mol. The van der Waals surface area contributed by atoms with Crippen LogP contribution in [0.5, 0.6) is 0 Å². The highest BCUT2D eigenvalue weighted by molar-refractivity contribution is 5.78. The fourth-order valence-corrected chi connectivity index (χ4v) is 1.03. The maximum atomic E-state index is 11.1. The van der Waals surface area contributed by atoms with Crippen molar-refractivity contribution in [1.82, 2.24) is 5.32 Å². The third-order valence-corrected chi connectivity index (χ3v) is 1.86. The van der Waals surface area contributed by atoms with Gasteiger partial charge < -0.3 is 5.32 Å². The van der Waals surface area contributed by atoms with Crippen LogP contribution in [0.25, 0.3) is 0 Å². The van der Waals surface area contributed by atoms with Gasteiger partial charge in [0.05, 0.1) is 0 Å². The number of allylic oxidation sites excluding steroid dienone is 3. The van der Waals surface area contributed by atoms with Crippen molar-refractivity contribution in [2.75, 3.05) is 6.54 Å². The molecule has 66 valence electrons. The normalized spacial score (nSPS) is 15.1. The molecule has 0 unspecified atom stereocenters. The van der Waals surface area contributed by atoms with Crippen molar-refractivity contribution < 1.29 is 4.79 Å². The summed E-state index contributed by atoms with van der Waals surface area (Å²) in [4.78, 5) is 11.1. The van der Waals surface area contributed by atoms with E-state index >= 15 is 0 Å². The highest BCUT2D eigenvalue weighted by atomic mass is 16.1. The number of hydrogen-bond acceptors (Lipinski definition) is 1. The zero-order valence-corrected chi connectivity index (χ0v) is 7.63. The maximum absolute atomic E-state index is 11.1. The second kappa shape index (κ2) is 4.10. The largest absolute Gasteiger partial charge is 0.352 e. The lowest BCUT2D eigenvalue weighted by atomic mass is 10.2. The molecule has 0 aliphatic heterocycles. The van der Waals surface area contributed by atoms with Crippen molar-refractivity contribution in [3.8, 4) is 0 Å².